The standard InChI is InChI=1S/C13H14N4O/c1-3-12(7-14-4-1)18-10-11-8-17(9-11)13-15-5-2-6-16-13/h1-7,11H,8-10H2. The Kier molecular flexibility index (Phi) is 3.04. The maximum Gasteiger partial charge on any atom is 0.225 e. The first-order valence-electron chi connectivity index (χ1n) is 5.96. The van der Waals surface area contributed by atoms with Crippen molar-refractivity contribution in [2.75, 3.05) is 24.6 Å². The van der Waals surface area contributed by atoms with Gasteiger partial charge >= 0.3 is 0 Å². The predicted molar refractivity (Wildman–Crippen MR) is 67.5 cm³/mol. The summed E-state index contributed by atoms with van der Waals surface area (Å²) in [5, 5.41) is 0. The Balaban J connectivity index is 1.46. The lowest BCUT2D eigenvalue weighted by Crippen LogP contribution is -2.50. The Morgan fingerprint density at radius 2 is 2.00 bits per heavy atom. The molecular formula is C13H14N4O. The fraction of sp³-hybridized carbons (Fsp3) is 0.308. The average Bonchev–Trinajstić information content (AvgIpc) is 2.39. The van der Waals surface area contributed by atoms with E-state index in [1.807, 2.05) is 18.2 Å². The van der Waals surface area contributed by atoms with Gasteiger partial charge in [0, 0.05) is 37.6 Å². The number of hydrogen-bond donors (Lipinski definition) is 0. The molecule has 1 aliphatic heterocycles. The van der Waals surface area contributed by atoms with E-state index in [9.17, 15) is 0 Å². The minimum absolute atomic E-state index is 0.536. The third-order valence-corrected chi connectivity index (χ3v) is 2.91. The van der Waals surface area contributed by atoms with E-state index in [1.165, 1.54) is 0 Å². The first kappa shape index (κ1) is 11.0. The van der Waals surface area contributed by atoms with Gasteiger partial charge in [-0.05, 0) is 18.2 Å². The first-order chi connectivity index (χ1) is 8.92. The molecule has 0 amide bonds. The van der Waals surface area contributed by atoms with Gasteiger partial charge in [0.1, 0.15) is 5.75 Å². The van der Waals surface area contributed by atoms with Crippen LogP contribution in [0.25, 0.3) is 0 Å². The number of hydrogen-bond acceptors (Lipinski definition) is 5. The highest BCUT2D eigenvalue weighted by molar-refractivity contribution is 5.33. The van der Waals surface area contributed by atoms with Gasteiger partial charge in [-0.1, -0.05) is 0 Å². The van der Waals surface area contributed by atoms with Crippen molar-refractivity contribution in [1.82, 2.24) is 15.0 Å². The largest absolute Gasteiger partial charge is 0.492 e. The van der Waals surface area contributed by atoms with Gasteiger partial charge < -0.3 is 9.64 Å². The molecule has 2 aromatic rings. The molecule has 0 atom stereocenters. The van der Waals surface area contributed by atoms with Gasteiger partial charge in [-0.3, -0.25) is 4.98 Å². The number of anilines is 1. The van der Waals surface area contributed by atoms with E-state index >= 15 is 0 Å². The summed E-state index contributed by atoms with van der Waals surface area (Å²) in [6.45, 7) is 2.61. The van der Waals surface area contributed by atoms with Crippen LogP contribution in [0.4, 0.5) is 5.95 Å². The zero-order valence-electron chi connectivity index (χ0n) is 9.94. The lowest BCUT2D eigenvalue weighted by Gasteiger charge is -2.38. The Morgan fingerprint density at radius 3 is 2.72 bits per heavy atom. The molecule has 0 spiro atoms. The zero-order valence-corrected chi connectivity index (χ0v) is 9.94. The minimum Gasteiger partial charge on any atom is -0.492 e. The molecule has 0 radical (unpaired) electrons. The van der Waals surface area contributed by atoms with Crippen LogP contribution in [0, 0.1) is 5.92 Å². The molecule has 0 unspecified atom stereocenters. The van der Waals surface area contributed by atoms with Gasteiger partial charge in [0.05, 0.1) is 12.8 Å². The van der Waals surface area contributed by atoms with Gasteiger partial charge in [0.2, 0.25) is 5.95 Å². The van der Waals surface area contributed by atoms with Gasteiger partial charge in [0.25, 0.3) is 0 Å². The van der Waals surface area contributed by atoms with Crippen molar-refractivity contribution in [3.63, 3.8) is 0 Å². The fourth-order valence-electron chi connectivity index (χ4n) is 1.94. The summed E-state index contributed by atoms with van der Waals surface area (Å²) in [5.74, 6) is 2.16. The van der Waals surface area contributed by atoms with Crippen LogP contribution in [0.2, 0.25) is 0 Å². The molecule has 18 heavy (non-hydrogen) atoms. The van der Waals surface area contributed by atoms with Crippen molar-refractivity contribution in [2.45, 2.75) is 0 Å². The van der Waals surface area contributed by atoms with Crippen molar-refractivity contribution >= 4 is 5.95 Å². The molecule has 1 fully saturated rings. The number of nitrogens with zero attached hydrogens (tertiary/aromatic N) is 4. The molecule has 1 aliphatic rings. The Bertz CT molecular complexity index is 482. The Labute approximate surface area is 105 Å². The minimum atomic E-state index is 0.536. The van der Waals surface area contributed by atoms with Gasteiger partial charge in [-0.25, -0.2) is 9.97 Å². The van der Waals surface area contributed by atoms with Gasteiger partial charge in [-0.2, -0.15) is 0 Å². The van der Waals surface area contributed by atoms with Crippen LogP contribution in [0.1, 0.15) is 0 Å². The smallest absolute Gasteiger partial charge is 0.225 e. The summed E-state index contributed by atoms with van der Waals surface area (Å²) in [6.07, 6.45) is 7.00. The van der Waals surface area contributed by atoms with Crippen LogP contribution in [0.15, 0.2) is 43.0 Å². The molecule has 3 heterocycles. The second-order valence-electron chi connectivity index (χ2n) is 4.32. The van der Waals surface area contributed by atoms with Crippen molar-refractivity contribution < 1.29 is 4.74 Å². The molecule has 92 valence electrons. The van der Waals surface area contributed by atoms with Crippen molar-refractivity contribution in [1.29, 1.82) is 0 Å². The van der Waals surface area contributed by atoms with Gasteiger partial charge in [-0.15, -0.1) is 0 Å². The molecule has 3 rings (SSSR count). The van der Waals surface area contributed by atoms with E-state index in [0.717, 1.165) is 31.4 Å². The zero-order chi connectivity index (χ0) is 12.2. The highest BCUT2D eigenvalue weighted by Crippen LogP contribution is 2.21. The normalized spacial score (nSPS) is 15.2. The molecule has 0 saturated carbocycles. The van der Waals surface area contributed by atoms with Crippen molar-refractivity contribution in [2.24, 2.45) is 5.92 Å². The van der Waals surface area contributed by atoms with Crippen LogP contribution >= 0.6 is 0 Å². The second-order valence-corrected chi connectivity index (χ2v) is 4.32. The first-order valence-corrected chi connectivity index (χ1v) is 5.96. The van der Waals surface area contributed by atoms with E-state index < -0.39 is 0 Å². The quantitative estimate of drug-likeness (QED) is 0.811. The molecule has 1 saturated heterocycles. The van der Waals surface area contributed by atoms with E-state index in [0.29, 0.717) is 5.92 Å². The van der Waals surface area contributed by atoms with Crippen LogP contribution < -0.4 is 9.64 Å². The van der Waals surface area contributed by atoms with Crippen LogP contribution in [0.3, 0.4) is 0 Å². The SMILES string of the molecule is c1cnc(N2CC(COc3cccnc3)C2)nc1. The summed E-state index contributed by atoms with van der Waals surface area (Å²) in [5.41, 5.74) is 0. The summed E-state index contributed by atoms with van der Waals surface area (Å²) in [4.78, 5) is 14.6. The number of rotatable bonds is 4. The number of ether oxygens (including phenoxy) is 1. The van der Waals surface area contributed by atoms with Crippen LogP contribution in [0.5, 0.6) is 5.75 Å². The van der Waals surface area contributed by atoms with Crippen molar-refractivity contribution in [3.8, 4) is 5.75 Å². The van der Waals surface area contributed by atoms with Crippen LogP contribution in [-0.4, -0.2) is 34.6 Å². The molecule has 5 heteroatoms. The molecule has 0 N–H and O–H groups in total. The third-order valence-electron chi connectivity index (χ3n) is 2.91. The van der Waals surface area contributed by atoms with Gasteiger partial charge in [0.15, 0.2) is 0 Å². The number of pyridine rings is 1. The van der Waals surface area contributed by atoms with Crippen molar-refractivity contribution in [3.05, 3.63) is 43.0 Å². The van der Waals surface area contributed by atoms with E-state index in [4.69, 9.17) is 4.74 Å². The van der Waals surface area contributed by atoms with E-state index in [1.54, 1.807) is 24.8 Å². The fourth-order valence-corrected chi connectivity index (χ4v) is 1.94. The molecule has 2 aromatic heterocycles. The lowest BCUT2D eigenvalue weighted by atomic mass is 10.0. The third kappa shape index (κ3) is 2.40. The van der Waals surface area contributed by atoms with Crippen LogP contribution in [-0.2, 0) is 0 Å². The Morgan fingerprint density at radius 1 is 1.17 bits per heavy atom. The monoisotopic (exact) mass is 242 g/mol. The molecule has 0 bridgehead atoms. The molecule has 0 aliphatic carbocycles. The second kappa shape index (κ2) is 5.00. The Hall–Kier alpha value is -2.17. The van der Waals surface area contributed by atoms with E-state index in [2.05, 4.69) is 19.9 Å². The highest BCUT2D eigenvalue weighted by Gasteiger charge is 2.28. The molecule has 0 aromatic carbocycles. The molecule has 5 nitrogen and oxygen atoms in total. The lowest BCUT2D eigenvalue weighted by molar-refractivity contribution is 0.219. The summed E-state index contributed by atoms with van der Waals surface area (Å²) < 4.78 is 5.66. The topological polar surface area (TPSA) is 51.1 Å². The maximum absolute atomic E-state index is 5.66. The number of aromatic nitrogens is 3. The maximum atomic E-state index is 5.66. The van der Waals surface area contributed by atoms with E-state index in [-0.39, 0.29) is 0 Å². The summed E-state index contributed by atoms with van der Waals surface area (Å²) in [7, 11) is 0. The molecular weight excluding hydrogens is 228 g/mol. The highest BCUT2D eigenvalue weighted by atomic mass is 16.5. The summed E-state index contributed by atoms with van der Waals surface area (Å²) >= 11 is 0. The summed E-state index contributed by atoms with van der Waals surface area (Å²) in [6, 6.07) is 5.62. The average molecular weight is 242 g/mol. The predicted octanol–water partition coefficient (Wildman–Crippen LogP) is 1.39.